The van der Waals surface area contributed by atoms with E-state index in [1.165, 1.54) is 0 Å². The molecule has 0 bridgehead atoms. The SMILES string of the molecule is CC(C)(C)O[Si](CCCCOCC1CO1)(OC(C)(C)C)OC(C)(C)C. The minimum atomic E-state index is -2.85. The topological polar surface area (TPSA) is 49.5 Å². The number of rotatable bonds is 10. The molecule has 1 heterocycles. The van der Waals surface area contributed by atoms with Crippen LogP contribution in [-0.2, 0) is 22.8 Å². The van der Waals surface area contributed by atoms with Gasteiger partial charge in [-0.1, -0.05) is 0 Å². The van der Waals surface area contributed by atoms with Gasteiger partial charge in [0.15, 0.2) is 0 Å². The van der Waals surface area contributed by atoms with E-state index in [-0.39, 0.29) is 16.8 Å². The van der Waals surface area contributed by atoms with Gasteiger partial charge in [-0.05, 0) is 75.2 Å². The molecule has 1 aliphatic rings. The van der Waals surface area contributed by atoms with Gasteiger partial charge >= 0.3 is 8.80 Å². The minimum absolute atomic E-state index is 0.317. The first-order chi connectivity index (χ1) is 11.2. The normalized spacial score (nSPS) is 19.3. The van der Waals surface area contributed by atoms with Gasteiger partial charge in [0.25, 0.3) is 0 Å². The number of hydrogen-bond donors (Lipinski definition) is 0. The summed E-state index contributed by atoms with van der Waals surface area (Å²) in [5.74, 6) is 0. The second-order valence-electron chi connectivity index (χ2n) is 9.81. The Kier molecular flexibility index (Phi) is 8.12. The molecule has 0 spiro atoms. The highest BCUT2D eigenvalue weighted by molar-refractivity contribution is 6.61. The molecule has 1 atom stereocenters. The van der Waals surface area contributed by atoms with Gasteiger partial charge in [0.1, 0.15) is 6.10 Å². The van der Waals surface area contributed by atoms with Crippen molar-refractivity contribution in [3.63, 3.8) is 0 Å². The van der Waals surface area contributed by atoms with Crippen molar-refractivity contribution in [1.29, 1.82) is 0 Å². The molecule has 1 fully saturated rings. The molecule has 1 saturated heterocycles. The summed E-state index contributed by atoms with van der Waals surface area (Å²) in [7, 11) is -2.85. The van der Waals surface area contributed by atoms with E-state index in [0.29, 0.717) is 12.7 Å². The zero-order chi connectivity index (χ0) is 19.4. The first-order valence-corrected chi connectivity index (χ1v) is 11.4. The maximum Gasteiger partial charge on any atom is 0.502 e. The molecule has 0 aliphatic carbocycles. The fourth-order valence-electron chi connectivity index (χ4n) is 2.54. The van der Waals surface area contributed by atoms with Gasteiger partial charge in [0.05, 0.1) is 30.0 Å². The van der Waals surface area contributed by atoms with Crippen LogP contribution in [0.3, 0.4) is 0 Å². The Hall–Kier alpha value is 0.0169. The summed E-state index contributed by atoms with van der Waals surface area (Å²) in [6.07, 6.45) is 2.25. The summed E-state index contributed by atoms with van der Waals surface area (Å²) >= 11 is 0. The summed E-state index contributed by atoms with van der Waals surface area (Å²) in [6, 6.07) is 0.794. The lowest BCUT2D eigenvalue weighted by atomic mass is 10.2. The minimum Gasteiger partial charge on any atom is -0.379 e. The molecule has 0 aromatic heterocycles. The van der Waals surface area contributed by atoms with Crippen molar-refractivity contribution < 1.29 is 22.8 Å². The van der Waals surface area contributed by atoms with Crippen LogP contribution in [0.1, 0.15) is 75.2 Å². The summed E-state index contributed by atoms with van der Waals surface area (Å²) in [4.78, 5) is 0. The largest absolute Gasteiger partial charge is 0.502 e. The third-order valence-corrected chi connectivity index (χ3v) is 6.85. The second-order valence-corrected chi connectivity index (χ2v) is 12.3. The van der Waals surface area contributed by atoms with Crippen molar-refractivity contribution in [3.8, 4) is 0 Å². The van der Waals surface area contributed by atoms with E-state index < -0.39 is 8.80 Å². The molecule has 0 amide bonds. The van der Waals surface area contributed by atoms with Crippen molar-refractivity contribution in [1.82, 2.24) is 0 Å². The van der Waals surface area contributed by atoms with Crippen LogP contribution in [0.4, 0.5) is 0 Å². The molecule has 0 saturated carbocycles. The van der Waals surface area contributed by atoms with Crippen LogP contribution < -0.4 is 0 Å². The zero-order valence-corrected chi connectivity index (χ0v) is 18.9. The van der Waals surface area contributed by atoms with Gasteiger partial charge < -0.3 is 22.8 Å². The maximum atomic E-state index is 6.47. The van der Waals surface area contributed by atoms with Gasteiger partial charge in [0, 0.05) is 12.7 Å². The average Bonchev–Trinajstić information content (AvgIpc) is 3.10. The van der Waals surface area contributed by atoms with E-state index in [9.17, 15) is 0 Å². The van der Waals surface area contributed by atoms with Crippen LogP contribution in [-0.4, -0.2) is 51.5 Å². The molecule has 1 aliphatic heterocycles. The Morgan fingerprint density at radius 1 is 0.800 bits per heavy atom. The number of hydrogen-bond acceptors (Lipinski definition) is 5. The smallest absolute Gasteiger partial charge is 0.379 e. The van der Waals surface area contributed by atoms with Crippen LogP contribution in [0.2, 0.25) is 6.04 Å². The Balaban J connectivity index is 2.69. The molecule has 0 radical (unpaired) electrons. The number of unbranched alkanes of at least 4 members (excludes halogenated alkanes) is 1. The van der Waals surface area contributed by atoms with E-state index in [1.54, 1.807) is 0 Å². The number of ether oxygens (including phenoxy) is 2. The van der Waals surface area contributed by atoms with Gasteiger partial charge in [-0.3, -0.25) is 0 Å². The van der Waals surface area contributed by atoms with Crippen LogP contribution >= 0.6 is 0 Å². The van der Waals surface area contributed by atoms with Gasteiger partial charge in [-0.15, -0.1) is 0 Å². The molecule has 1 unspecified atom stereocenters. The molecule has 25 heavy (non-hydrogen) atoms. The van der Waals surface area contributed by atoms with E-state index in [0.717, 1.165) is 32.1 Å². The highest BCUT2D eigenvalue weighted by atomic mass is 28.4. The summed E-state index contributed by atoms with van der Waals surface area (Å²) in [5, 5.41) is 0. The lowest BCUT2D eigenvalue weighted by Crippen LogP contribution is -2.57. The Labute approximate surface area is 156 Å². The van der Waals surface area contributed by atoms with E-state index in [1.807, 2.05) is 0 Å². The van der Waals surface area contributed by atoms with Crippen LogP contribution in [0, 0.1) is 0 Å². The molecule has 5 nitrogen and oxygen atoms in total. The van der Waals surface area contributed by atoms with Crippen molar-refractivity contribution >= 4 is 8.80 Å². The molecular formula is C19H40O5Si. The summed E-state index contributed by atoms with van der Waals surface area (Å²) in [6.45, 7) is 20.8. The lowest BCUT2D eigenvalue weighted by Gasteiger charge is -2.43. The van der Waals surface area contributed by atoms with Crippen LogP contribution in [0.15, 0.2) is 0 Å². The third-order valence-electron chi connectivity index (χ3n) is 3.11. The van der Waals surface area contributed by atoms with E-state index >= 15 is 0 Å². The van der Waals surface area contributed by atoms with Gasteiger partial charge in [0.2, 0.25) is 0 Å². The van der Waals surface area contributed by atoms with E-state index in [2.05, 4.69) is 62.3 Å². The molecule has 1 rings (SSSR count). The zero-order valence-electron chi connectivity index (χ0n) is 17.9. The lowest BCUT2D eigenvalue weighted by molar-refractivity contribution is -0.0756. The van der Waals surface area contributed by atoms with Gasteiger partial charge in [-0.25, -0.2) is 0 Å². The first kappa shape index (κ1) is 23.1. The van der Waals surface area contributed by atoms with Crippen molar-refractivity contribution in [2.24, 2.45) is 0 Å². The van der Waals surface area contributed by atoms with E-state index in [4.69, 9.17) is 22.8 Å². The van der Waals surface area contributed by atoms with Crippen molar-refractivity contribution in [3.05, 3.63) is 0 Å². The molecule has 6 heteroatoms. The molecule has 0 N–H and O–H groups in total. The first-order valence-electron chi connectivity index (χ1n) is 9.50. The molecule has 150 valence electrons. The Morgan fingerprint density at radius 3 is 1.60 bits per heavy atom. The monoisotopic (exact) mass is 376 g/mol. The van der Waals surface area contributed by atoms with Crippen molar-refractivity contribution in [2.75, 3.05) is 19.8 Å². The van der Waals surface area contributed by atoms with Crippen LogP contribution in [0.5, 0.6) is 0 Å². The quantitative estimate of drug-likeness (QED) is 0.318. The number of epoxide rings is 1. The van der Waals surface area contributed by atoms with Gasteiger partial charge in [-0.2, -0.15) is 0 Å². The molecule has 0 aromatic carbocycles. The third kappa shape index (κ3) is 12.1. The second kappa shape index (κ2) is 8.80. The highest BCUT2D eigenvalue weighted by Crippen LogP contribution is 2.32. The Morgan fingerprint density at radius 2 is 1.24 bits per heavy atom. The summed E-state index contributed by atoms with van der Waals surface area (Å²) < 4.78 is 30.2. The predicted octanol–water partition coefficient (Wildman–Crippen LogP) is 4.57. The average molecular weight is 377 g/mol. The maximum absolute atomic E-state index is 6.47. The van der Waals surface area contributed by atoms with Crippen LogP contribution in [0.25, 0.3) is 0 Å². The standard InChI is InChI=1S/C19H40O5Si/c1-17(2,3)22-25(23-18(4,5)6,24-19(7,8)9)13-11-10-12-20-14-16-15-21-16/h16H,10-15H2,1-9H3. The fraction of sp³-hybridized carbons (Fsp3) is 1.00. The molecular weight excluding hydrogens is 336 g/mol. The Bertz CT molecular complexity index is 347. The fourth-order valence-corrected chi connectivity index (χ4v) is 6.45. The predicted molar refractivity (Wildman–Crippen MR) is 103 cm³/mol. The summed E-state index contributed by atoms with van der Waals surface area (Å²) in [5.41, 5.74) is -0.951. The van der Waals surface area contributed by atoms with Crippen molar-refractivity contribution in [2.45, 2.75) is 104 Å². The highest BCUT2D eigenvalue weighted by Gasteiger charge is 2.49. The molecule has 0 aromatic rings.